The van der Waals surface area contributed by atoms with Gasteiger partial charge in [0.1, 0.15) is 5.69 Å². The molecule has 4 rings (SSSR count). The summed E-state index contributed by atoms with van der Waals surface area (Å²) in [4.78, 5) is 15.9. The number of nitrogens with one attached hydrogen (secondary N) is 2. The minimum absolute atomic E-state index is 0.0999. The molecule has 1 fully saturated rings. The molecule has 2 aromatic carbocycles. The Bertz CT molecular complexity index is 942. The molecule has 3 nitrogen and oxygen atoms in total. The molecule has 0 unspecified atom stereocenters. The molecule has 0 atom stereocenters. The number of rotatable bonds is 3. The van der Waals surface area contributed by atoms with E-state index in [9.17, 15) is 4.79 Å². The summed E-state index contributed by atoms with van der Waals surface area (Å²) < 4.78 is 0.482. The van der Waals surface area contributed by atoms with Crippen LogP contribution < -0.4 is 5.32 Å². The molecule has 0 bridgehead atoms. The maximum absolute atomic E-state index is 12.7. The minimum Gasteiger partial charge on any atom is -0.351 e. The summed E-state index contributed by atoms with van der Waals surface area (Å²) in [6, 6.07) is 14.3. The molecule has 0 spiro atoms. The van der Waals surface area contributed by atoms with Gasteiger partial charge in [-0.3, -0.25) is 4.79 Å². The Hall–Kier alpha value is -1.85. The van der Waals surface area contributed by atoms with Crippen molar-refractivity contribution in [2.24, 2.45) is 0 Å². The molecule has 0 saturated carbocycles. The molecule has 2 heterocycles. The smallest absolute Gasteiger partial charge is 0.272 e. The van der Waals surface area contributed by atoms with E-state index >= 15 is 0 Å². The lowest BCUT2D eigenvalue weighted by atomic mass is 10.1. The zero-order valence-electron chi connectivity index (χ0n) is 14.3. The first-order chi connectivity index (χ1) is 12.1. The van der Waals surface area contributed by atoms with E-state index < -0.39 is 0 Å². The minimum atomic E-state index is -0.0999. The summed E-state index contributed by atoms with van der Waals surface area (Å²) in [6.07, 6.45) is 0. The number of aryl methyl sites for hydroxylation is 2. The van der Waals surface area contributed by atoms with Gasteiger partial charge in [-0.2, -0.15) is 0 Å². The van der Waals surface area contributed by atoms with Gasteiger partial charge in [-0.1, -0.05) is 18.2 Å². The Morgan fingerprint density at radius 3 is 2.72 bits per heavy atom. The molecule has 1 amide bonds. The van der Waals surface area contributed by atoms with Crippen molar-refractivity contribution in [3.8, 4) is 0 Å². The first-order valence-corrected chi connectivity index (χ1v) is 10.4. The topological polar surface area (TPSA) is 44.9 Å². The van der Waals surface area contributed by atoms with Gasteiger partial charge in [0, 0.05) is 28.1 Å². The van der Waals surface area contributed by atoms with E-state index in [1.165, 1.54) is 28.2 Å². The Morgan fingerprint density at radius 2 is 1.92 bits per heavy atom. The van der Waals surface area contributed by atoms with Crippen molar-refractivity contribution in [3.63, 3.8) is 0 Å². The third-order valence-electron chi connectivity index (χ3n) is 4.37. The molecule has 1 saturated heterocycles. The summed E-state index contributed by atoms with van der Waals surface area (Å²) >= 11 is 3.94. The normalized spacial score (nSPS) is 15.0. The highest BCUT2D eigenvalue weighted by Gasteiger charge is 2.19. The van der Waals surface area contributed by atoms with E-state index in [1.807, 2.05) is 41.7 Å². The number of aromatic nitrogens is 1. The molecular formula is C20H20N2OS2. The number of carbonyl (C=O) groups excluding carboxylic acids is 1. The Kier molecular flexibility index (Phi) is 4.52. The van der Waals surface area contributed by atoms with Crippen molar-refractivity contribution in [3.05, 3.63) is 64.8 Å². The van der Waals surface area contributed by atoms with Crippen LogP contribution in [0.1, 0.15) is 31.8 Å². The Labute approximate surface area is 156 Å². The number of benzene rings is 2. The monoisotopic (exact) mass is 368 g/mol. The number of H-pyrrole nitrogens is 1. The van der Waals surface area contributed by atoms with Crippen molar-refractivity contribution in [2.45, 2.75) is 18.4 Å². The van der Waals surface area contributed by atoms with Crippen molar-refractivity contribution in [1.29, 1.82) is 0 Å². The van der Waals surface area contributed by atoms with Gasteiger partial charge in [-0.25, -0.2) is 0 Å². The van der Waals surface area contributed by atoms with Crippen molar-refractivity contribution in [1.82, 2.24) is 4.98 Å². The van der Waals surface area contributed by atoms with Crippen LogP contribution in [0.15, 0.2) is 42.5 Å². The van der Waals surface area contributed by atoms with Crippen LogP contribution in [-0.2, 0) is 0 Å². The van der Waals surface area contributed by atoms with Gasteiger partial charge < -0.3 is 10.3 Å². The predicted molar refractivity (Wildman–Crippen MR) is 110 cm³/mol. The first-order valence-electron chi connectivity index (χ1n) is 8.34. The molecule has 25 heavy (non-hydrogen) atoms. The van der Waals surface area contributed by atoms with E-state index in [1.54, 1.807) is 0 Å². The van der Waals surface area contributed by atoms with Crippen LogP contribution in [0.25, 0.3) is 10.9 Å². The predicted octanol–water partition coefficient (Wildman–Crippen LogP) is 5.52. The van der Waals surface area contributed by atoms with Gasteiger partial charge in [0.25, 0.3) is 5.91 Å². The van der Waals surface area contributed by atoms with Crippen LogP contribution in [0.5, 0.6) is 0 Å². The molecule has 0 aliphatic carbocycles. The lowest BCUT2D eigenvalue weighted by Crippen LogP contribution is -2.12. The lowest BCUT2D eigenvalue weighted by Gasteiger charge is -2.10. The van der Waals surface area contributed by atoms with E-state index in [0.29, 0.717) is 10.3 Å². The molecule has 1 aromatic heterocycles. The average Bonchev–Trinajstić information content (AvgIpc) is 3.24. The quantitative estimate of drug-likeness (QED) is 0.640. The van der Waals surface area contributed by atoms with Crippen LogP contribution >= 0.6 is 23.5 Å². The Balaban J connectivity index is 1.58. The van der Waals surface area contributed by atoms with Crippen LogP contribution in [-0.4, -0.2) is 22.4 Å². The average molecular weight is 369 g/mol. The summed E-state index contributed by atoms with van der Waals surface area (Å²) in [6.45, 7) is 4.14. The van der Waals surface area contributed by atoms with Gasteiger partial charge in [-0.15, -0.1) is 23.5 Å². The summed E-state index contributed by atoms with van der Waals surface area (Å²) in [5.41, 5.74) is 6.10. The molecule has 0 radical (unpaired) electrons. The number of hydrogen-bond acceptors (Lipinski definition) is 3. The molecule has 1 aliphatic rings. The van der Waals surface area contributed by atoms with E-state index in [2.05, 4.69) is 48.4 Å². The zero-order chi connectivity index (χ0) is 17.4. The fourth-order valence-electron chi connectivity index (χ4n) is 3.23. The fourth-order valence-corrected chi connectivity index (χ4v) is 6.07. The molecular weight excluding hydrogens is 348 g/mol. The highest BCUT2D eigenvalue weighted by atomic mass is 32.2. The molecule has 5 heteroatoms. The van der Waals surface area contributed by atoms with Crippen LogP contribution in [0.2, 0.25) is 0 Å². The summed E-state index contributed by atoms with van der Waals surface area (Å²) in [5, 5.41) is 4.13. The number of hydrogen-bond donors (Lipinski definition) is 2. The first kappa shape index (κ1) is 16.6. The number of anilines is 1. The SMILES string of the molecule is Cc1cc(C)c2cc(C(=O)Nc3cccc(C4SCCS4)c3)[nH]c2c1. The summed E-state index contributed by atoms with van der Waals surface area (Å²) in [5.74, 6) is 2.29. The van der Waals surface area contributed by atoms with Gasteiger partial charge in [0.05, 0.1) is 4.58 Å². The van der Waals surface area contributed by atoms with E-state index in [-0.39, 0.29) is 5.91 Å². The van der Waals surface area contributed by atoms with Crippen molar-refractivity contribution >= 4 is 46.0 Å². The number of aromatic amines is 1. The van der Waals surface area contributed by atoms with Crippen LogP contribution in [0.4, 0.5) is 5.69 Å². The molecule has 128 valence electrons. The van der Waals surface area contributed by atoms with Gasteiger partial charge >= 0.3 is 0 Å². The van der Waals surface area contributed by atoms with E-state index in [0.717, 1.165) is 16.6 Å². The Morgan fingerprint density at radius 1 is 1.12 bits per heavy atom. The van der Waals surface area contributed by atoms with Gasteiger partial charge in [0.15, 0.2) is 0 Å². The summed E-state index contributed by atoms with van der Waals surface area (Å²) in [7, 11) is 0. The second-order valence-corrected chi connectivity index (χ2v) is 9.10. The third-order valence-corrected chi connectivity index (χ3v) is 7.48. The van der Waals surface area contributed by atoms with Crippen LogP contribution in [0, 0.1) is 13.8 Å². The maximum atomic E-state index is 12.7. The highest BCUT2D eigenvalue weighted by molar-refractivity contribution is 8.19. The number of amides is 1. The van der Waals surface area contributed by atoms with Gasteiger partial charge in [0.2, 0.25) is 0 Å². The zero-order valence-corrected chi connectivity index (χ0v) is 15.9. The largest absolute Gasteiger partial charge is 0.351 e. The second kappa shape index (κ2) is 6.81. The molecule has 2 N–H and O–H groups in total. The molecule has 3 aromatic rings. The number of thioether (sulfide) groups is 2. The van der Waals surface area contributed by atoms with E-state index in [4.69, 9.17) is 0 Å². The standard InChI is InChI=1S/C20H20N2OS2/c1-12-8-13(2)16-11-18(22-17(16)9-12)19(23)21-15-5-3-4-14(10-15)20-24-6-7-25-20/h3-5,8-11,20,22H,6-7H2,1-2H3,(H,21,23). The lowest BCUT2D eigenvalue weighted by molar-refractivity contribution is 0.102. The number of carbonyl (C=O) groups is 1. The van der Waals surface area contributed by atoms with Gasteiger partial charge in [-0.05, 0) is 54.8 Å². The maximum Gasteiger partial charge on any atom is 0.272 e. The second-order valence-electron chi connectivity index (χ2n) is 6.38. The molecule has 1 aliphatic heterocycles. The van der Waals surface area contributed by atoms with Crippen molar-refractivity contribution in [2.75, 3.05) is 16.8 Å². The van der Waals surface area contributed by atoms with Crippen molar-refractivity contribution < 1.29 is 4.79 Å². The number of fused-ring (bicyclic) bond motifs is 1. The highest BCUT2D eigenvalue weighted by Crippen LogP contribution is 2.45. The van der Waals surface area contributed by atoms with Crippen LogP contribution in [0.3, 0.4) is 0 Å². The fraction of sp³-hybridized carbons (Fsp3) is 0.250. The third kappa shape index (κ3) is 3.44.